The monoisotopic (exact) mass is 344 g/mol. The van der Waals surface area contributed by atoms with Crippen molar-refractivity contribution in [3.63, 3.8) is 0 Å². The lowest BCUT2D eigenvalue weighted by atomic mass is 10.2. The molecule has 7 nitrogen and oxygen atoms in total. The minimum atomic E-state index is -0.741. The van der Waals surface area contributed by atoms with Gasteiger partial charge in [0.05, 0.1) is 12.7 Å². The van der Waals surface area contributed by atoms with E-state index in [1.165, 1.54) is 0 Å². The summed E-state index contributed by atoms with van der Waals surface area (Å²) in [5.41, 5.74) is 0.454. The quantitative estimate of drug-likeness (QED) is 0.873. The molecule has 0 unspecified atom stereocenters. The van der Waals surface area contributed by atoms with Crippen LogP contribution >= 0.6 is 0 Å². The van der Waals surface area contributed by atoms with Crippen LogP contribution in [0.3, 0.4) is 0 Å². The van der Waals surface area contributed by atoms with E-state index in [2.05, 4.69) is 15.7 Å². The van der Waals surface area contributed by atoms with E-state index in [0.29, 0.717) is 12.4 Å². The first-order valence-corrected chi connectivity index (χ1v) is 8.11. The molecule has 7 heteroatoms. The third-order valence-corrected chi connectivity index (χ3v) is 3.27. The lowest BCUT2D eigenvalue weighted by Crippen LogP contribution is -2.44. The molecule has 0 bridgehead atoms. The van der Waals surface area contributed by atoms with Gasteiger partial charge in [-0.05, 0) is 33.3 Å². The fourth-order valence-corrected chi connectivity index (χ4v) is 2.11. The molecular weight excluding hydrogens is 320 g/mol. The fourth-order valence-electron chi connectivity index (χ4n) is 2.11. The number of hydrogen-bond donors (Lipinski definition) is 2. The summed E-state index contributed by atoms with van der Waals surface area (Å²) in [6.07, 6.45) is 0.984. The number of hydrogen-bond acceptors (Lipinski definition) is 4. The molecule has 2 N–H and O–H groups in total. The molecule has 134 valence electrons. The zero-order valence-corrected chi connectivity index (χ0v) is 14.9. The van der Waals surface area contributed by atoms with Gasteiger partial charge in [0, 0.05) is 6.07 Å². The third kappa shape index (κ3) is 5.95. The minimum Gasteiger partial charge on any atom is -0.444 e. The van der Waals surface area contributed by atoms with Gasteiger partial charge in [-0.25, -0.2) is 9.48 Å². The van der Waals surface area contributed by atoms with E-state index in [0.717, 1.165) is 5.56 Å². The summed E-state index contributed by atoms with van der Waals surface area (Å²) >= 11 is 0. The number of rotatable bonds is 5. The van der Waals surface area contributed by atoms with Crippen molar-refractivity contribution in [1.82, 2.24) is 15.1 Å². The zero-order chi connectivity index (χ0) is 18.4. The number of ether oxygens (including phenoxy) is 1. The van der Waals surface area contributed by atoms with Crippen molar-refractivity contribution in [2.24, 2.45) is 0 Å². The first kappa shape index (κ1) is 18.5. The van der Waals surface area contributed by atoms with Crippen LogP contribution in [0.25, 0.3) is 0 Å². The molecule has 0 aliphatic carbocycles. The molecule has 0 radical (unpaired) electrons. The number of benzene rings is 1. The van der Waals surface area contributed by atoms with Gasteiger partial charge in [-0.3, -0.25) is 4.79 Å². The topological polar surface area (TPSA) is 85.2 Å². The van der Waals surface area contributed by atoms with Crippen LogP contribution in [0.1, 0.15) is 33.3 Å². The second kappa shape index (κ2) is 7.83. The van der Waals surface area contributed by atoms with Crippen molar-refractivity contribution < 1.29 is 14.3 Å². The average Bonchev–Trinajstić information content (AvgIpc) is 2.93. The van der Waals surface area contributed by atoms with E-state index in [-0.39, 0.29) is 5.91 Å². The molecule has 1 aromatic carbocycles. The number of carbonyl (C=O) groups is 2. The van der Waals surface area contributed by atoms with Gasteiger partial charge in [0.2, 0.25) is 5.91 Å². The van der Waals surface area contributed by atoms with E-state index in [4.69, 9.17) is 4.74 Å². The maximum Gasteiger partial charge on any atom is 0.408 e. The maximum absolute atomic E-state index is 12.3. The molecule has 1 heterocycles. The number of alkyl carbamates (subject to hydrolysis) is 1. The Labute approximate surface area is 147 Å². The largest absolute Gasteiger partial charge is 0.444 e. The molecule has 0 aliphatic heterocycles. The highest BCUT2D eigenvalue weighted by atomic mass is 16.6. The van der Waals surface area contributed by atoms with Crippen molar-refractivity contribution in [3.8, 4) is 0 Å². The molecule has 1 atom stereocenters. The van der Waals surface area contributed by atoms with Gasteiger partial charge in [-0.15, -0.1) is 0 Å². The Morgan fingerprint density at radius 2 is 1.88 bits per heavy atom. The van der Waals surface area contributed by atoms with Crippen molar-refractivity contribution in [3.05, 3.63) is 48.2 Å². The smallest absolute Gasteiger partial charge is 0.408 e. The minimum absolute atomic E-state index is 0.347. The highest BCUT2D eigenvalue weighted by Crippen LogP contribution is 2.11. The second-order valence-corrected chi connectivity index (χ2v) is 6.72. The molecule has 2 rings (SSSR count). The van der Waals surface area contributed by atoms with E-state index >= 15 is 0 Å². The molecule has 1 aromatic heterocycles. The summed E-state index contributed by atoms with van der Waals surface area (Å²) in [6.45, 7) is 7.42. The standard InChI is InChI=1S/C18H24N4O3/c1-13(20-17(24)25-18(2,3)4)16(23)21-15-10-11-19-22(15)12-14-8-6-5-7-9-14/h5-11,13H,12H2,1-4H3,(H,20,24)(H,21,23)/t13-/m1/s1. The zero-order valence-electron chi connectivity index (χ0n) is 14.9. The molecule has 25 heavy (non-hydrogen) atoms. The SMILES string of the molecule is C[C@@H](NC(=O)OC(C)(C)C)C(=O)Nc1ccnn1Cc1ccccc1. The summed E-state index contributed by atoms with van der Waals surface area (Å²) in [4.78, 5) is 24.0. The summed E-state index contributed by atoms with van der Waals surface area (Å²) in [6, 6.07) is 10.8. The van der Waals surface area contributed by atoms with Gasteiger partial charge in [-0.1, -0.05) is 30.3 Å². The molecule has 0 spiro atoms. The predicted octanol–water partition coefficient (Wildman–Crippen LogP) is 2.78. The maximum atomic E-state index is 12.3. The number of aromatic nitrogens is 2. The van der Waals surface area contributed by atoms with Crippen molar-refractivity contribution in [2.75, 3.05) is 5.32 Å². The Morgan fingerprint density at radius 3 is 2.52 bits per heavy atom. The normalized spacial score (nSPS) is 12.3. The van der Waals surface area contributed by atoms with Gasteiger partial charge in [0.15, 0.2) is 0 Å². The van der Waals surface area contributed by atoms with Gasteiger partial charge in [-0.2, -0.15) is 5.10 Å². The van der Waals surface area contributed by atoms with E-state index < -0.39 is 17.7 Å². The van der Waals surface area contributed by atoms with Crippen LogP contribution in [0.15, 0.2) is 42.6 Å². The first-order chi connectivity index (χ1) is 11.7. The predicted molar refractivity (Wildman–Crippen MR) is 95.2 cm³/mol. The van der Waals surface area contributed by atoms with E-state index in [1.54, 1.807) is 44.6 Å². The molecule has 2 aromatic rings. The highest BCUT2D eigenvalue weighted by Gasteiger charge is 2.21. The van der Waals surface area contributed by atoms with Gasteiger partial charge in [0.1, 0.15) is 17.5 Å². The summed E-state index contributed by atoms with van der Waals surface area (Å²) < 4.78 is 6.84. The van der Waals surface area contributed by atoms with E-state index in [1.807, 2.05) is 30.3 Å². The van der Waals surface area contributed by atoms with Crippen LogP contribution < -0.4 is 10.6 Å². The van der Waals surface area contributed by atoms with Crippen molar-refractivity contribution in [2.45, 2.75) is 45.9 Å². The average molecular weight is 344 g/mol. The Bertz CT molecular complexity index is 719. The van der Waals surface area contributed by atoms with Crippen LogP contribution in [-0.4, -0.2) is 33.4 Å². The van der Waals surface area contributed by atoms with Gasteiger partial charge in [0.25, 0.3) is 0 Å². The fraction of sp³-hybridized carbons (Fsp3) is 0.389. The Kier molecular flexibility index (Phi) is 5.80. The molecule has 0 saturated heterocycles. The number of nitrogens with zero attached hydrogens (tertiary/aromatic N) is 2. The Morgan fingerprint density at radius 1 is 1.20 bits per heavy atom. The molecule has 0 saturated carbocycles. The summed E-state index contributed by atoms with van der Waals surface area (Å²) in [5, 5.41) is 9.51. The third-order valence-electron chi connectivity index (χ3n) is 3.27. The van der Waals surface area contributed by atoms with Crippen LogP contribution in [0.4, 0.5) is 10.6 Å². The van der Waals surface area contributed by atoms with Crippen LogP contribution in [-0.2, 0) is 16.1 Å². The van der Waals surface area contributed by atoms with Crippen LogP contribution in [0.5, 0.6) is 0 Å². The van der Waals surface area contributed by atoms with E-state index in [9.17, 15) is 9.59 Å². The van der Waals surface area contributed by atoms with Gasteiger partial charge < -0.3 is 15.4 Å². The van der Waals surface area contributed by atoms with Gasteiger partial charge >= 0.3 is 6.09 Å². The number of carbonyl (C=O) groups excluding carboxylic acids is 2. The highest BCUT2D eigenvalue weighted by molar-refractivity contribution is 5.95. The molecular formula is C18H24N4O3. The van der Waals surface area contributed by atoms with Crippen molar-refractivity contribution in [1.29, 1.82) is 0 Å². The molecule has 2 amide bonds. The summed E-state index contributed by atoms with van der Waals surface area (Å²) in [7, 11) is 0. The number of amides is 2. The summed E-state index contributed by atoms with van der Waals surface area (Å²) in [5.74, 6) is 0.215. The van der Waals surface area contributed by atoms with Crippen LogP contribution in [0.2, 0.25) is 0 Å². The lowest BCUT2D eigenvalue weighted by Gasteiger charge is -2.21. The first-order valence-electron chi connectivity index (χ1n) is 8.11. The number of anilines is 1. The van der Waals surface area contributed by atoms with Crippen molar-refractivity contribution >= 4 is 17.8 Å². The molecule has 0 aliphatic rings. The Balaban J connectivity index is 1.94. The second-order valence-electron chi connectivity index (χ2n) is 6.72. The van der Waals surface area contributed by atoms with Crippen LogP contribution in [0, 0.1) is 0 Å². The Hall–Kier alpha value is -2.83. The molecule has 0 fully saturated rings. The number of nitrogens with one attached hydrogen (secondary N) is 2. The lowest BCUT2D eigenvalue weighted by molar-refractivity contribution is -0.117.